The summed E-state index contributed by atoms with van der Waals surface area (Å²) in [4.78, 5) is 8.50. The van der Waals surface area contributed by atoms with Crippen LogP contribution in [0.4, 0.5) is 14.5 Å². The predicted molar refractivity (Wildman–Crippen MR) is 67.0 cm³/mol. The van der Waals surface area contributed by atoms with Crippen LogP contribution in [-0.2, 0) is 10.0 Å². The zero-order chi connectivity index (χ0) is 16.0. The Balaban J connectivity index is 2.42. The zero-order valence-electron chi connectivity index (χ0n) is 10.9. The minimum atomic E-state index is -4.36. The van der Waals surface area contributed by atoms with Crippen LogP contribution in [0.25, 0.3) is 0 Å². The average molecular weight is 322 g/mol. The van der Waals surface area contributed by atoms with Gasteiger partial charge in [-0.15, -0.1) is 0 Å². The fraction of sp³-hybridized carbons (Fsp3) is 0.455. The number of β-amino-alcohol motifs (C(OH)–C–C–N with tert-alkyl or cyclic N) is 1. The van der Waals surface area contributed by atoms with Gasteiger partial charge in [-0.05, 0) is 6.42 Å². The average Bonchev–Trinajstić information content (AvgIpc) is 2.34. The predicted octanol–water partition coefficient (Wildman–Crippen LogP) is 1.02. The summed E-state index contributed by atoms with van der Waals surface area (Å²) in [5.41, 5.74) is -2.31. The van der Waals surface area contributed by atoms with Crippen LogP contribution >= 0.6 is 0 Å². The van der Waals surface area contributed by atoms with E-state index in [9.17, 15) is 32.4 Å². The molecule has 1 aromatic carbocycles. The first-order chi connectivity index (χ1) is 9.60. The second-order valence-electron chi connectivity index (χ2n) is 4.84. The molecule has 1 N–H and O–H groups in total. The van der Waals surface area contributed by atoms with Crippen LogP contribution in [0, 0.1) is 21.7 Å². The molecule has 1 saturated heterocycles. The molecule has 10 heteroatoms. The van der Waals surface area contributed by atoms with E-state index >= 15 is 0 Å². The largest absolute Gasteiger partial charge is 0.387 e. The molecule has 7 nitrogen and oxygen atoms in total. The number of sulfonamides is 1. The van der Waals surface area contributed by atoms with Gasteiger partial charge in [-0.1, -0.05) is 6.92 Å². The quantitative estimate of drug-likeness (QED) is 0.659. The Morgan fingerprint density at radius 1 is 1.38 bits per heavy atom. The molecule has 0 aliphatic carbocycles. The van der Waals surface area contributed by atoms with E-state index in [2.05, 4.69) is 0 Å². The molecule has 0 unspecified atom stereocenters. The number of benzene rings is 1. The van der Waals surface area contributed by atoms with E-state index in [1.54, 1.807) is 6.92 Å². The van der Waals surface area contributed by atoms with E-state index < -0.39 is 42.8 Å². The molecule has 0 aromatic heterocycles. The number of hydrogen-bond acceptors (Lipinski definition) is 5. The Morgan fingerprint density at radius 2 is 1.95 bits per heavy atom. The number of nitro benzene ring substituents is 1. The molecule has 1 fully saturated rings. The van der Waals surface area contributed by atoms with Crippen LogP contribution in [0.5, 0.6) is 0 Å². The first kappa shape index (κ1) is 15.7. The third-order valence-electron chi connectivity index (χ3n) is 3.42. The number of hydrogen-bond donors (Lipinski definition) is 1. The molecule has 0 atom stereocenters. The fourth-order valence-electron chi connectivity index (χ4n) is 2.00. The second kappa shape index (κ2) is 4.97. The van der Waals surface area contributed by atoms with Gasteiger partial charge < -0.3 is 5.11 Å². The summed E-state index contributed by atoms with van der Waals surface area (Å²) in [6, 6.07) is 0.514. The Kier molecular flexibility index (Phi) is 3.72. The number of rotatable bonds is 4. The number of nitro groups is 1. The highest BCUT2D eigenvalue weighted by Gasteiger charge is 2.47. The minimum absolute atomic E-state index is 0.164. The summed E-state index contributed by atoms with van der Waals surface area (Å²) in [5, 5.41) is 20.4. The maximum absolute atomic E-state index is 13.7. The van der Waals surface area contributed by atoms with Crippen LogP contribution in [0.2, 0.25) is 0 Å². The molecular weight excluding hydrogens is 310 g/mol. The number of aliphatic hydroxyl groups is 1. The van der Waals surface area contributed by atoms with Crippen molar-refractivity contribution in [1.29, 1.82) is 0 Å². The van der Waals surface area contributed by atoms with E-state index in [0.717, 1.165) is 4.31 Å². The zero-order valence-corrected chi connectivity index (χ0v) is 11.7. The minimum Gasteiger partial charge on any atom is -0.387 e. The van der Waals surface area contributed by atoms with Crippen LogP contribution in [-0.4, -0.2) is 41.4 Å². The summed E-state index contributed by atoms with van der Waals surface area (Å²) in [6.45, 7) is 1.18. The van der Waals surface area contributed by atoms with E-state index in [0.29, 0.717) is 12.5 Å². The van der Waals surface area contributed by atoms with Gasteiger partial charge in [0.25, 0.3) is 0 Å². The lowest BCUT2D eigenvalue weighted by Crippen LogP contribution is -2.62. The molecule has 2 rings (SSSR count). The molecule has 0 amide bonds. The lowest BCUT2D eigenvalue weighted by Gasteiger charge is -2.44. The van der Waals surface area contributed by atoms with Gasteiger partial charge in [0.05, 0.1) is 10.5 Å². The summed E-state index contributed by atoms with van der Waals surface area (Å²) in [7, 11) is -4.36. The van der Waals surface area contributed by atoms with Crippen molar-refractivity contribution in [3.63, 3.8) is 0 Å². The first-order valence-corrected chi connectivity index (χ1v) is 7.41. The Labute approximate surface area is 119 Å². The fourth-order valence-corrected chi connectivity index (χ4v) is 3.66. The maximum Gasteiger partial charge on any atom is 0.306 e. The van der Waals surface area contributed by atoms with E-state index in [-0.39, 0.29) is 19.2 Å². The van der Waals surface area contributed by atoms with Crippen molar-refractivity contribution in [3.05, 3.63) is 33.9 Å². The smallest absolute Gasteiger partial charge is 0.306 e. The van der Waals surface area contributed by atoms with Gasteiger partial charge in [0.1, 0.15) is 10.7 Å². The molecule has 0 spiro atoms. The van der Waals surface area contributed by atoms with Gasteiger partial charge in [-0.2, -0.15) is 8.70 Å². The van der Waals surface area contributed by atoms with Crippen molar-refractivity contribution in [2.24, 2.45) is 0 Å². The highest BCUT2D eigenvalue weighted by molar-refractivity contribution is 7.89. The Morgan fingerprint density at radius 3 is 2.43 bits per heavy atom. The molecule has 1 aliphatic heterocycles. The topological polar surface area (TPSA) is 101 Å². The van der Waals surface area contributed by atoms with Crippen LogP contribution < -0.4 is 0 Å². The van der Waals surface area contributed by atoms with Crippen molar-refractivity contribution in [2.45, 2.75) is 23.8 Å². The van der Waals surface area contributed by atoms with Crippen LogP contribution in [0.3, 0.4) is 0 Å². The Bertz CT molecular complexity index is 701. The molecule has 116 valence electrons. The molecule has 21 heavy (non-hydrogen) atoms. The summed E-state index contributed by atoms with van der Waals surface area (Å²) in [5.74, 6) is -2.87. The summed E-state index contributed by atoms with van der Waals surface area (Å²) < 4.78 is 52.0. The van der Waals surface area contributed by atoms with Crippen LogP contribution in [0.1, 0.15) is 13.3 Å². The van der Waals surface area contributed by atoms with Gasteiger partial charge in [-0.25, -0.2) is 12.8 Å². The maximum atomic E-state index is 13.7. The second-order valence-corrected chi connectivity index (χ2v) is 6.75. The number of halogens is 2. The van der Waals surface area contributed by atoms with Gasteiger partial charge in [0.15, 0.2) is 0 Å². The van der Waals surface area contributed by atoms with E-state index in [4.69, 9.17) is 0 Å². The van der Waals surface area contributed by atoms with Crippen molar-refractivity contribution in [1.82, 2.24) is 4.31 Å². The molecule has 0 bridgehead atoms. The van der Waals surface area contributed by atoms with Crippen molar-refractivity contribution < 1.29 is 27.2 Å². The van der Waals surface area contributed by atoms with Gasteiger partial charge in [0, 0.05) is 25.2 Å². The monoisotopic (exact) mass is 322 g/mol. The Hall–Kier alpha value is -1.65. The normalized spacial score (nSPS) is 18.3. The summed E-state index contributed by atoms with van der Waals surface area (Å²) >= 11 is 0. The summed E-state index contributed by atoms with van der Waals surface area (Å²) in [6.07, 6.45) is 0.311. The first-order valence-electron chi connectivity index (χ1n) is 5.97. The van der Waals surface area contributed by atoms with Gasteiger partial charge in [-0.3, -0.25) is 10.1 Å². The van der Waals surface area contributed by atoms with Crippen molar-refractivity contribution in [2.75, 3.05) is 13.1 Å². The van der Waals surface area contributed by atoms with Gasteiger partial charge in [0.2, 0.25) is 15.8 Å². The van der Waals surface area contributed by atoms with E-state index in [1.165, 1.54) is 0 Å². The van der Waals surface area contributed by atoms with E-state index in [1.807, 2.05) is 0 Å². The molecular formula is C11H12F2N2O5S. The highest BCUT2D eigenvalue weighted by atomic mass is 32.2. The molecule has 1 heterocycles. The highest BCUT2D eigenvalue weighted by Crippen LogP contribution is 2.33. The lowest BCUT2D eigenvalue weighted by molar-refractivity contribution is -0.387. The molecule has 0 saturated carbocycles. The third-order valence-corrected chi connectivity index (χ3v) is 5.22. The van der Waals surface area contributed by atoms with Crippen LogP contribution in [0.15, 0.2) is 17.0 Å². The standard InChI is InChI=1S/C11H12F2N2O5S/c1-2-11(16)5-14(6-11)21(19,20)10-4-9(15(17)18)7(12)3-8(10)13/h3-4,16H,2,5-6H2,1H3. The number of nitrogens with zero attached hydrogens (tertiary/aromatic N) is 2. The third kappa shape index (κ3) is 2.61. The SMILES string of the molecule is CCC1(O)CN(S(=O)(=O)c2cc([N+](=O)[O-])c(F)cc2F)C1. The molecule has 1 aliphatic rings. The van der Waals surface area contributed by atoms with Crippen molar-refractivity contribution in [3.8, 4) is 0 Å². The lowest BCUT2D eigenvalue weighted by atomic mass is 9.94. The van der Waals surface area contributed by atoms with Gasteiger partial charge >= 0.3 is 5.69 Å². The van der Waals surface area contributed by atoms with Crippen molar-refractivity contribution >= 4 is 15.7 Å². The molecule has 0 radical (unpaired) electrons. The molecule has 1 aromatic rings.